The number of rotatable bonds is 6. The first-order valence-corrected chi connectivity index (χ1v) is 11.8. The van der Waals surface area contributed by atoms with E-state index in [0.29, 0.717) is 23.8 Å². The van der Waals surface area contributed by atoms with Crippen molar-refractivity contribution in [3.05, 3.63) is 66.0 Å². The average Bonchev–Trinajstić information content (AvgIpc) is 2.96. The maximum Gasteiger partial charge on any atom is 0.238 e. The van der Waals surface area contributed by atoms with Crippen LogP contribution in [0.4, 0.5) is 11.4 Å². The molecule has 0 bridgehead atoms. The minimum absolute atomic E-state index is 0.0484. The molecule has 0 saturated carbocycles. The van der Waals surface area contributed by atoms with Gasteiger partial charge in [0.15, 0.2) is 0 Å². The van der Waals surface area contributed by atoms with Gasteiger partial charge in [-0.1, -0.05) is 30.3 Å². The first kappa shape index (κ1) is 23.9. The van der Waals surface area contributed by atoms with E-state index in [0.717, 1.165) is 43.5 Å². The molecule has 0 unspecified atom stereocenters. The van der Waals surface area contributed by atoms with Crippen LogP contribution >= 0.6 is 0 Å². The average molecular weight is 460 g/mol. The Morgan fingerprint density at radius 1 is 1.06 bits per heavy atom. The molecule has 0 aliphatic carbocycles. The van der Waals surface area contributed by atoms with Crippen LogP contribution in [0.15, 0.2) is 54.9 Å². The summed E-state index contributed by atoms with van der Waals surface area (Å²) >= 11 is 0. The highest BCUT2D eigenvalue weighted by Crippen LogP contribution is 2.23. The Morgan fingerprint density at radius 3 is 2.71 bits per heavy atom. The molecule has 4 rings (SSSR count). The van der Waals surface area contributed by atoms with Crippen molar-refractivity contribution in [1.29, 1.82) is 0 Å². The third kappa shape index (κ3) is 6.18. The highest BCUT2D eigenvalue weighted by Gasteiger charge is 2.23. The topological polar surface area (TPSA) is 77.6 Å². The Morgan fingerprint density at radius 2 is 1.88 bits per heavy atom. The van der Waals surface area contributed by atoms with Crippen molar-refractivity contribution < 1.29 is 9.59 Å². The number of carbonyl (C=O) groups excluding carboxylic acids is 2. The lowest BCUT2D eigenvalue weighted by atomic mass is 9.96. The van der Waals surface area contributed by atoms with Crippen LogP contribution in [0.2, 0.25) is 0 Å². The molecule has 1 aliphatic heterocycles. The van der Waals surface area contributed by atoms with Crippen molar-refractivity contribution in [1.82, 2.24) is 14.8 Å². The van der Waals surface area contributed by atoms with E-state index < -0.39 is 0 Å². The van der Waals surface area contributed by atoms with Gasteiger partial charge in [0.1, 0.15) is 0 Å². The lowest BCUT2D eigenvalue weighted by Gasteiger charge is -2.24. The second-order valence-corrected chi connectivity index (χ2v) is 9.35. The van der Waals surface area contributed by atoms with E-state index in [2.05, 4.69) is 50.7 Å². The number of anilines is 2. The number of amides is 2. The number of nitrogens with zero attached hydrogens (tertiary/aromatic N) is 3. The van der Waals surface area contributed by atoms with Crippen molar-refractivity contribution in [2.45, 2.75) is 20.3 Å². The van der Waals surface area contributed by atoms with Gasteiger partial charge >= 0.3 is 0 Å². The Labute approximate surface area is 201 Å². The summed E-state index contributed by atoms with van der Waals surface area (Å²) in [7, 11) is 2.15. The summed E-state index contributed by atoms with van der Waals surface area (Å²) in [6.07, 6.45) is 4.82. The molecule has 2 heterocycles. The third-order valence-corrected chi connectivity index (χ3v) is 6.34. The molecule has 1 fully saturated rings. The van der Waals surface area contributed by atoms with Gasteiger partial charge in [0, 0.05) is 62.3 Å². The summed E-state index contributed by atoms with van der Waals surface area (Å²) in [5, 5.41) is 8.22. The molecule has 3 aromatic rings. The van der Waals surface area contributed by atoms with E-state index in [-0.39, 0.29) is 11.8 Å². The van der Waals surface area contributed by atoms with Crippen molar-refractivity contribution in [2.24, 2.45) is 5.92 Å². The first-order chi connectivity index (χ1) is 16.4. The van der Waals surface area contributed by atoms with Crippen LogP contribution in [-0.2, 0) is 16.0 Å². The van der Waals surface area contributed by atoms with Crippen molar-refractivity contribution in [3.8, 4) is 0 Å². The highest BCUT2D eigenvalue weighted by atomic mass is 16.2. The molecule has 178 valence electrons. The van der Waals surface area contributed by atoms with Crippen LogP contribution in [0.5, 0.6) is 0 Å². The van der Waals surface area contributed by atoms with Gasteiger partial charge < -0.3 is 15.5 Å². The molecule has 0 radical (unpaired) electrons. The minimum Gasteiger partial charge on any atom is -0.326 e. The fourth-order valence-electron chi connectivity index (χ4n) is 4.71. The van der Waals surface area contributed by atoms with Crippen molar-refractivity contribution in [3.63, 3.8) is 0 Å². The molecule has 1 atom stereocenters. The van der Waals surface area contributed by atoms with Crippen molar-refractivity contribution in [2.75, 3.05) is 50.4 Å². The summed E-state index contributed by atoms with van der Waals surface area (Å²) < 4.78 is 0. The summed E-state index contributed by atoms with van der Waals surface area (Å²) in [6, 6.07) is 14.0. The Kier molecular flexibility index (Phi) is 7.55. The van der Waals surface area contributed by atoms with Gasteiger partial charge in [-0.25, -0.2) is 0 Å². The quantitative estimate of drug-likeness (QED) is 0.590. The number of nitrogens with one attached hydrogen (secondary N) is 2. The van der Waals surface area contributed by atoms with Crippen LogP contribution in [-0.4, -0.2) is 66.4 Å². The van der Waals surface area contributed by atoms with Crippen LogP contribution in [0.3, 0.4) is 0 Å². The van der Waals surface area contributed by atoms with Crippen LogP contribution in [0, 0.1) is 12.8 Å². The molecule has 7 nitrogen and oxygen atoms in total. The van der Waals surface area contributed by atoms with Crippen LogP contribution in [0.1, 0.15) is 18.1 Å². The molecular weight excluding hydrogens is 426 g/mol. The lowest BCUT2D eigenvalue weighted by Crippen LogP contribution is -2.37. The number of carbonyl (C=O) groups is 2. The molecule has 2 amide bonds. The monoisotopic (exact) mass is 459 g/mol. The number of fused-ring (bicyclic) bond motifs is 1. The molecular formula is C27H33N5O2. The van der Waals surface area contributed by atoms with E-state index in [1.807, 2.05) is 37.5 Å². The van der Waals surface area contributed by atoms with Gasteiger partial charge in [-0.3, -0.25) is 19.5 Å². The predicted molar refractivity (Wildman–Crippen MR) is 137 cm³/mol. The fourth-order valence-corrected chi connectivity index (χ4v) is 4.71. The van der Waals surface area contributed by atoms with Gasteiger partial charge in [0.25, 0.3) is 0 Å². The summed E-state index contributed by atoms with van der Waals surface area (Å²) in [4.78, 5) is 33.3. The van der Waals surface area contributed by atoms with Gasteiger partial charge in [-0.15, -0.1) is 0 Å². The number of benzene rings is 2. The van der Waals surface area contributed by atoms with Gasteiger partial charge in [0.05, 0.1) is 6.54 Å². The van der Waals surface area contributed by atoms with E-state index in [1.165, 1.54) is 17.9 Å². The zero-order chi connectivity index (χ0) is 24.1. The van der Waals surface area contributed by atoms with E-state index >= 15 is 0 Å². The minimum atomic E-state index is -0.132. The smallest absolute Gasteiger partial charge is 0.238 e. The second kappa shape index (κ2) is 10.8. The fraction of sp³-hybridized carbons (Fsp3) is 0.370. The highest BCUT2D eigenvalue weighted by molar-refractivity contribution is 5.94. The molecule has 7 heteroatoms. The summed E-state index contributed by atoms with van der Waals surface area (Å²) in [6.45, 7) is 7.35. The van der Waals surface area contributed by atoms with Crippen LogP contribution in [0.25, 0.3) is 10.8 Å². The molecule has 2 aromatic carbocycles. The normalized spacial score (nSPS) is 17.3. The molecule has 1 aliphatic rings. The third-order valence-electron chi connectivity index (χ3n) is 6.34. The van der Waals surface area contributed by atoms with E-state index in [4.69, 9.17) is 0 Å². The largest absolute Gasteiger partial charge is 0.326 e. The van der Waals surface area contributed by atoms with Crippen molar-refractivity contribution >= 4 is 34.0 Å². The van der Waals surface area contributed by atoms with Gasteiger partial charge in [-0.05, 0) is 55.0 Å². The predicted octanol–water partition coefficient (Wildman–Crippen LogP) is 3.55. The zero-order valence-corrected chi connectivity index (χ0v) is 20.2. The second-order valence-electron chi connectivity index (χ2n) is 9.35. The number of hydrogen-bond acceptors (Lipinski definition) is 5. The number of hydrogen-bond donors (Lipinski definition) is 2. The molecule has 0 spiro atoms. The Bertz CT molecular complexity index is 1170. The van der Waals surface area contributed by atoms with Gasteiger partial charge in [-0.2, -0.15) is 0 Å². The number of pyridine rings is 1. The summed E-state index contributed by atoms with van der Waals surface area (Å²) in [5.74, 6) is 0.221. The SMILES string of the molecule is CC(=O)Nc1cc(NC(=O)CN2CCN(C)C[C@@H](Cc3cncc4ccccc34)C2)ccc1C. The maximum atomic E-state index is 12.9. The molecule has 34 heavy (non-hydrogen) atoms. The summed E-state index contributed by atoms with van der Waals surface area (Å²) in [5.41, 5.74) is 3.61. The standard InChI is InChI=1S/C27H33N5O2/c1-19-8-9-24(13-26(19)29-20(2)33)30-27(34)18-32-11-10-31(3)16-21(17-32)12-23-15-28-14-22-6-4-5-7-25(22)23/h4-9,13-15,21H,10-12,16-18H2,1-3H3,(H,29,33)(H,30,34)/t21-/m1/s1. The number of aromatic nitrogens is 1. The number of likely N-dealkylation sites (N-methyl/N-ethyl adjacent to an activating group) is 1. The van der Waals surface area contributed by atoms with Crippen LogP contribution < -0.4 is 10.6 Å². The molecule has 1 aromatic heterocycles. The number of aryl methyl sites for hydroxylation is 1. The zero-order valence-electron chi connectivity index (χ0n) is 20.2. The lowest BCUT2D eigenvalue weighted by molar-refractivity contribution is -0.117. The molecule has 2 N–H and O–H groups in total. The van der Waals surface area contributed by atoms with E-state index in [1.54, 1.807) is 6.07 Å². The Hall–Kier alpha value is -3.29. The Balaban J connectivity index is 1.42. The van der Waals surface area contributed by atoms with Gasteiger partial charge in [0.2, 0.25) is 11.8 Å². The first-order valence-electron chi connectivity index (χ1n) is 11.8. The van der Waals surface area contributed by atoms with E-state index in [9.17, 15) is 9.59 Å². The maximum absolute atomic E-state index is 12.9. The molecule has 1 saturated heterocycles.